The van der Waals surface area contributed by atoms with E-state index in [9.17, 15) is 13.6 Å². The first kappa shape index (κ1) is 16.2. The van der Waals surface area contributed by atoms with Crippen molar-refractivity contribution in [2.24, 2.45) is 0 Å². The number of carbonyl (C=O) groups excluding carboxylic acids is 1. The smallest absolute Gasteiger partial charge is 0.387 e. The third kappa shape index (κ3) is 3.54. The standard InChI is InChI=1S/C14H14ClF2N3O2/c1-8-10(15)7-18-20(8)9(2)13(21)19-11-5-3-4-6-12(11)22-14(16)17/h3-7,9,14H,1-2H3,(H,19,21). The lowest BCUT2D eigenvalue weighted by Gasteiger charge is -2.16. The molecule has 22 heavy (non-hydrogen) atoms. The van der Waals surface area contributed by atoms with Gasteiger partial charge >= 0.3 is 6.61 Å². The average Bonchev–Trinajstić information content (AvgIpc) is 2.80. The molecule has 0 saturated heterocycles. The molecule has 0 radical (unpaired) electrons. The van der Waals surface area contributed by atoms with Gasteiger partial charge in [-0.1, -0.05) is 23.7 Å². The number of hydrogen-bond donors (Lipinski definition) is 1. The lowest BCUT2D eigenvalue weighted by atomic mass is 10.2. The van der Waals surface area contributed by atoms with Crippen molar-refractivity contribution in [3.63, 3.8) is 0 Å². The Bertz CT molecular complexity index is 676. The van der Waals surface area contributed by atoms with Crippen LogP contribution in [0.5, 0.6) is 5.75 Å². The summed E-state index contributed by atoms with van der Waals surface area (Å²) in [7, 11) is 0. The number of amides is 1. The highest BCUT2D eigenvalue weighted by Gasteiger charge is 2.20. The van der Waals surface area contributed by atoms with Crippen molar-refractivity contribution in [1.82, 2.24) is 9.78 Å². The average molecular weight is 330 g/mol. The van der Waals surface area contributed by atoms with Crippen LogP contribution in [0.25, 0.3) is 0 Å². The molecule has 1 amide bonds. The van der Waals surface area contributed by atoms with E-state index >= 15 is 0 Å². The molecule has 5 nitrogen and oxygen atoms in total. The molecule has 0 spiro atoms. The van der Waals surface area contributed by atoms with Gasteiger partial charge in [0.2, 0.25) is 5.91 Å². The van der Waals surface area contributed by atoms with Crippen molar-refractivity contribution in [3.05, 3.63) is 41.2 Å². The van der Waals surface area contributed by atoms with E-state index in [1.807, 2.05) is 0 Å². The molecule has 1 N–H and O–H groups in total. The third-order valence-corrected chi connectivity index (χ3v) is 3.46. The number of ether oxygens (including phenoxy) is 1. The summed E-state index contributed by atoms with van der Waals surface area (Å²) in [5, 5.41) is 7.02. The lowest BCUT2D eigenvalue weighted by Crippen LogP contribution is -2.25. The van der Waals surface area contributed by atoms with Crippen molar-refractivity contribution in [1.29, 1.82) is 0 Å². The van der Waals surface area contributed by atoms with Crippen molar-refractivity contribution < 1.29 is 18.3 Å². The van der Waals surface area contributed by atoms with Crippen LogP contribution in [-0.2, 0) is 4.79 Å². The molecule has 0 aliphatic rings. The summed E-state index contributed by atoms with van der Waals surface area (Å²) < 4.78 is 30.5. The molecule has 8 heteroatoms. The summed E-state index contributed by atoms with van der Waals surface area (Å²) in [4.78, 5) is 12.3. The van der Waals surface area contributed by atoms with Gasteiger partial charge in [-0.25, -0.2) is 0 Å². The fourth-order valence-corrected chi connectivity index (χ4v) is 2.04. The van der Waals surface area contributed by atoms with Gasteiger partial charge in [-0.2, -0.15) is 13.9 Å². The number of anilines is 1. The largest absolute Gasteiger partial charge is 0.433 e. The van der Waals surface area contributed by atoms with Crippen LogP contribution in [-0.4, -0.2) is 22.3 Å². The number of carbonyl (C=O) groups is 1. The Kier molecular flexibility index (Phi) is 4.97. The minimum atomic E-state index is -2.97. The minimum Gasteiger partial charge on any atom is -0.433 e. The predicted octanol–water partition coefficient (Wildman–Crippen LogP) is 3.65. The number of aromatic nitrogens is 2. The van der Waals surface area contributed by atoms with Gasteiger partial charge in [-0.15, -0.1) is 0 Å². The topological polar surface area (TPSA) is 56.2 Å². The molecule has 1 atom stereocenters. The predicted molar refractivity (Wildman–Crippen MR) is 78.4 cm³/mol. The number of nitrogens with one attached hydrogen (secondary N) is 1. The summed E-state index contributed by atoms with van der Waals surface area (Å²) in [6.45, 7) is 0.387. The molecule has 2 aromatic rings. The van der Waals surface area contributed by atoms with Crippen molar-refractivity contribution in [2.45, 2.75) is 26.5 Å². The minimum absolute atomic E-state index is 0.103. The zero-order valence-corrected chi connectivity index (χ0v) is 12.6. The summed E-state index contributed by atoms with van der Waals surface area (Å²) in [5.41, 5.74) is 0.803. The highest BCUT2D eigenvalue weighted by molar-refractivity contribution is 6.31. The fraction of sp³-hybridized carbons (Fsp3) is 0.286. The van der Waals surface area contributed by atoms with Crippen LogP contribution in [0, 0.1) is 6.92 Å². The molecule has 1 aromatic heterocycles. The molecule has 0 aliphatic heterocycles. The molecular weight excluding hydrogens is 316 g/mol. The summed E-state index contributed by atoms with van der Waals surface area (Å²) in [6.07, 6.45) is 1.44. The zero-order chi connectivity index (χ0) is 16.3. The highest BCUT2D eigenvalue weighted by atomic mass is 35.5. The molecule has 2 rings (SSSR count). The number of alkyl halides is 2. The van der Waals surface area contributed by atoms with Crippen LogP contribution >= 0.6 is 11.6 Å². The van der Waals surface area contributed by atoms with Crippen molar-refractivity contribution in [3.8, 4) is 5.75 Å². The number of benzene rings is 1. The molecule has 1 heterocycles. The van der Waals surface area contributed by atoms with Crippen LogP contribution < -0.4 is 10.1 Å². The maximum atomic E-state index is 12.4. The molecule has 118 valence electrons. The van der Waals surface area contributed by atoms with Gasteiger partial charge in [0.05, 0.1) is 22.6 Å². The third-order valence-electron chi connectivity index (χ3n) is 3.09. The van der Waals surface area contributed by atoms with E-state index in [1.165, 1.54) is 29.1 Å². The van der Waals surface area contributed by atoms with E-state index in [0.717, 1.165) is 0 Å². The van der Waals surface area contributed by atoms with E-state index in [1.54, 1.807) is 19.9 Å². The van der Waals surface area contributed by atoms with E-state index in [2.05, 4.69) is 15.2 Å². The second kappa shape index (κ2) is 6.74. The quantitative estimate of drug-likeness (QED) is 0.911. The fourth-order valence-electron chi connectivity index (χ4n) is 1.91. The highest BCUT2D eigenvalue weighted by Crippen LogP contribution is 2.27. The summed E-state index contributed by atoms with van der Waals surface area (Å²) in [5.74, 6) is -0.526. The van der Waals surface area contributed by atoms with E-state index in [-0.39, 0.29) is 11.4 Å². The van der Waals surface area contributed by atoms with Crippen LogP contribution in [0.1, 0.15) is 18.7 Å². The molecule has 1 aromatic carbocycles. The van der Waals surface area contributed by atoms with Crippen molar-refractivity contribution in [2.75, 3.05) is 5.32 Å². The number of hydrogen-bond acceptors (Lipinski definition) is 3. The normalized spacial score (nSPS) is 12.3. The second-order valence-electron chi connectivity index (χ2n) is 4.56. The Balaban J connectivity index is 2.17. The van der Waals surface area contributed by atoms with Crippen LogP contribution in [0.15, 0.2) is 30.5 Å². The van der Waals surface area contributed by atoms with Crippen LogP contribution in [0.3, 0.4) is 0 Å². The van der Waals surface area contributed by atoms with E-state index in [4.69, 9.17) is 11.6 Å². The lowest BCUT2D eigenvalue weighted by molar-refractivity contribution is -0.119. The molecule has 0 aliphatic carbocycles. The van der Waals surface area contributed by atoms with Crippen LogP contribution in [0.2, 0.25) is 5.02 Å². The van der Waals surface area contributed by atoms with Gasteiger partial charge in [-0.05, 0) is 26.0 Å². The number of para-hydroxylation sites is 2. The molecule has 0 saturated carbocycles. The summed E-state index contributed by atoms with van der Waals surface area (Å²) >= 11 is 5.90. The first-order valence-corrected chi connectivity index (χ1v) is 6.82. The zero-order valence-electron chi connectivity index (χ0n) is 11.9. The number of halogens is 3. The monoisotopic (exact) mass is 329 g/mol. The molecule has 0 bridgehead atoms. The van der Waals surface area contributed by atoms with Gasteiger partial charge in [-0.3, -0.25) is 9.48 Å². The SMILES string of the molecule is Cc1c(Cl)cnn1C(C)C(=O)Nc1ccccc1OC(F)F. The van der Waals surface area contributed by atoms with E-state index < -0.39 is 18.6 Å². The molecular formula is C14H14ClF2N3O2. The van der Waals surface area contributed by atoms with Gasteiger partial charge in [0.15, 0.2) is 0 Å². The van der Waals surface area contributed by atoms with Gasteiger partial charge < -0.3 is 10.1 Å². The van der Waals surface area contributed by atoms with Crippen LogP contribution in [0.4, 0.5) is 14.5 Å². The Morgan fingerprint density at radius 3 is 2.68 bits per heavy atom. The maximum Gasteiger partial charge on any atom is 0.387 e. The Morgan fingerprint density at radius 1 is 1.41 bits per heavy atom. The maximum absolute atomic E-state index is 12.4. The molecule has 1 unspecified atom stereocenters. The van der Waals surface area contributed by atoms with Gasteiger partial charge in [0.1, 0.15) is 11.8 Å². The number of rotatable bonds is 5. The van der Waals surface area contributed by atoms with Crippen molar-refractivity contribution >= 4 is 23.2 Å². The molecule has 0 fully saturated rings. The van der Waals surface area contributed by atoms with Gasteiger partial charge in [0, 0.05) is 0 Å². The first-order chi connectivity index (χ1) is 10.4. The summed E-state index contributed by atoms with van der Waals surface area (Å²) in [6, 6.07) is 5.31. The van der Waals surface area contributed by atoms with E-state index in [0.29, 0.717) is 10.7 Å². The number of nitrogens with zero attached hydrogens (tertiary/aromatic N) is 2. The Hall–Kier alpha value is -2.15. The first-order valence-electron chi connectivity index (χ1n) is 6.44. The Morgan fingerprint density at radius 2 is 2.09 bits per heavy atom. The Labute approximate surface area is 130 Å². The van der Waals surface area contributed by atoms with Gasteiger partial charge in [0.25, 0.3) is 0 Å². The second-order valence-corrected chi connectivity index (χ2v) is 4.97.